The second-order valence-electron chi connectivity index (χ2n) is 3.87. The summed E-state index contributed by atoms with van der Waals surface area (Å²) < 4.78 is 10.3. The molecule has 0 aliphatic carbocycles. The average molecular weight is 305 g/mol. The molecule has 3 aromatic heterocycles. The smallest absolute Gasteiger partial charge is 0.337 e. The van der Waals surface area contributed by atoms with Gasteiger partial charge in [-0.15, -0.1) is 16.4 Å². The molecule has 3 heterocycles. The number of furan rings is 1. The van der Waals surface area contributed by atoms with Crippen LogP contribution in [0.1, 0.15) is 17.4 Å². The van der Waals surface area contributed by atoms with Crippen molar-refractivity contribution in [1.82, 2.24) is 20.2 Å². The molecule has 9 heteroatoms. The molecule has 0 radical (unpaired) electrons. The Kier molecular flexibility index (Phi) is 3.65. The molecule has 3 rings (SSSR count). The first-order chi connectivity index (χ1) is 10.3. The number of rotatable bonds is 5. The Balaban J connectivity index is 1.70. The van der Waals surface area contributed by atoms with E-state index in [0.717, 1.165) is 0 Å². The summed E-state index contributed by atoms with van der Waals surface area (Å²) in [6.45, 7) is 2.27. The van der Waals surface area contributed by atoms with Gasteiger partial charge in [0, 0.05) is 5.38 Å². The zero-order valence-corrected chi connectivity index (χ0v) is 11.8. The standard InChI is InChI=1S/C12H11N5O3S/c1-2-19-12-15-11(16-17-12)14-9(18)7-6-21-10(13-7)8-4-3-5-20-8/h3-6H,2H2,1H3,(H2,14,15,16,17,18). The van der Waals surface area contributed by atoms with E-state index >= 15 is 0 Å². The zero-order valence-electron chi connectivity index (χ0n) is 11.0. The molecule has 0 saturated carbocycles. The Morgan fingerprint density at radius 3 is 3.19 bits per heavy atom. The van der Waals surface area contributed by atoms with Gasteiger partial charge in [0.05, 0.1) is 12.9 Å². The summed E-state index contributed by atoms with van der Waals surface area (Å²) in [6.07, 6.45) is 1.56. The first-order valence-electron chi connectivity index (χ1n) is 6.12. The molecule has 3 aromatic rings. The lowest BCUT2D eigenvalue weighted by Crippen LogP contribution is -2.13. The fraction of sp³-hybridized carbons (Fsp3) is 0.167. The van der Waals surface area contributed by atoms with E-state index in [4.69, 9.17) is 9.15 Å². The molecule has 0 bridgehead atoms. The number of aromatic nitrogens is 4. The Bertz CT molecular complexity index is 734. The van der Waals surface area contributed by atoms with Crippen molar-refractivity contribution in [2.45, 2.75) is 6.92 Å². The summed E-state index contributed by atoms with van der Waals surface area (Å²) in [5.41, 5.74) is 0.278. The highest BCUT2D eigenvalue weighted by atomic mass is 32.1. The molecular weight excluding hydrogens is 294 g/mol. The minimum atomic E-state index is -0.386. The Labute approximate surface area is 123 Å². The van der Waals surface area contributed by atoms with Gasteiger partial charge in [0.2, 0.25) is 5.95 Å². The van der Waals surface area contributed by atoms with Crippen LogP contribution >= 0.6 is 11.3 Å². The lowest BCUT2D eigenvalue weighted by Gasteiger charge is -1.96. The van der Waals surface area contributed by atoms with Gasteiger partial charge in [0.1, 0.15) is 5.69 Å². The number of hydrogen-bond donors (Lipinski definition) is 2. The minimum absolute atomic E-state index is 0.183. The number of carbonyl (C=O) groups is 1. The van der Waals surface area contributed by atoms with E-state index in [0.29, 0.717) is 17.4 Å². The van der Waals surface area contributed by atoms with E-state index < -0.39 is 0 Å². The molecule has 8 nitrogen and oxygen atoms in total. The summed E-state index contributed by atoms with van der Waals surface area (Å²) in [4.78, 5) is 20.2. The summed E-state index contributed by atoms with van der Waals surface area (Å²) >= 11 is 1.32. The highest BCUT2D eigenvalue weighted by molar-refractivity contribution is 7.13. The Hall–Kier alpha value is -2.68. The fourth-order valence-corrected chi connectivity index (χ4v) is 2.33. The van der Waals surface area contributed by atoms with Gasteiger partial charge in [0.25, 0.3) is 5.91 Å². The van der Waals surface area contributed by atoms with E-state index in [9.17, 15) is 4.79 Å². The highest BCUT2D eigenvalue weighted by Crippen LogP contribution is 2.24. The molecule has 0 aliphatic heterocycles. The number of aromatic amines is 1. The predicted octanol–water partition coefficient (Wildman–Crippen LogP) is 2.17. The first-order valence-corrected chi connectivity index (χ1v) is 7.00. The molecule has 0 unspecified atom stereocenters. The highest BCUT2D eigenvalue weighted by Gasteiger charge is 2.15. The third-order valence-electron chi connectivity index (χ3n) is 2.44. The van der Waals surface area contributed by atoms with Crippen LogP contribution in [0.4, 0.5) is 5.95 Å². The number of anilines is 1. The fourth-order valence-electron chi connectivity index (χ4n) is 1.56. The molecule has 1 amide bonds. The van der Waals surface area contributed by atoms with E-state index in [-0.39, 0.29) is 23.6 Å². The monoisotopic (exact) mass is 305 g/mol. The zero-order chi connectivity index (χ0) is 14.7. The minimum Gasteiger partial charge on any atom is -0.463 e. The van der Waals surface area contributed by atoms with Crippen LogP contribution in [0.3, 0.4) is 0 Å². The first kappa shape index (κ1) is 13.3. The van der Waals surface area contributed by atoms with Crippen molar-refractivity contribution in [3.63, 3.8) is 0 Å². The number of amides is 1. The van der Waals surface area contributed by atoms with Crippen LogP contribution in [0.5, 0.6) is 6.01 Å². The molecule has 0 atom stereocenters. The molecule has 0 aliphatic rings. The number of thiazole rings is 1. The van der Waals surface area contributed by atoms with Gasteiger partial charge >= 0.3 is 6.01 Å². The van der Waals surface area contributed by atoms with Gasteiger partial charge in [-0.3, -0.25) is 10.1 Å². The summed E-state index contributed by atoms with van der Waals surface area (Å²) in [5, 5.41) is 11.2. The van der Waals surface area contributed by atoms with E-state index in [2.05, 4.69) is 25.5 Å². The maximum atomic E-state index is 12.0. The lowest BCUT2D eigenvalue weighted by atomic mass is 10.4. The summed E-state index contributed by atoms with van der Waals surface area (Å²) in [5.74, 6) is 0.441. The second kappa shape index (κ2) is 5.75. The van der Waals surface area contributed by atoms with Gasteiger partial charge in [0.15, 0.2) is 10.8 Å². The van der Waals surface area contributed by atoms with Crippen molar-refractivity contribution in [3.8, 4) is 16.8 Å². The third kappa shape index (κ3) is 2.92. The molecule has 0 fully saturated rings. The van der Waals surface area contributed by atoms with E-state index in [1.807, 2.05) is 6.92 Å². The predicted molar refractivity (Wildman–Crippen MR) is 75.3 cm³/mol. The lowest BCUT2D eigenvalue weighted by molar-refractivity contribution is 0.102. The van der Waals surface area contributed by atoms with Gasteiger partial charge in [-0.2, -0.15) is 4.98 Å². The molecular formula is C12H11N5O3S. The van der Waals surface area contributed by atoms with Gasteiger partial charge in [-0.1, -0.05) is 0 Å². The van der Waals surface area contributed by atoms with Gasteiger partial charge in [-0.05, 0) is 19.1 Å². The number of hydrogen-bond acceptors (Lipinski definition) is 7. The van der Waals surface area contributed by atoms with Crippen molar-refractivity contribution in [1.29, 1.82) is 0 Å². The van der Waals surface area contributed by atoms with Crippen molar-refractivity contribution >= 4 is 23.2 Å². The van der Waals surface area contributed by atoms with Crippen LogP contribution in [0, 0.1) is 0 Å². The summed E-state index contributed by atoms with van der Waals surface area (Å²) in [6, 6.07) is 3.73. The van der Waals surface area contributed by atoms with E-state index in [1.165, 1.54) is 11.3 Å². The quantitative estimate of drug-likeness (QED) is 0.748. The normalized spacial score (nSPS) is 10.5. The number of nitrogens with one attached hydrogen (secondary N) is 2. The van der Waals surface area contributed by atoms with Crippen LogP contribution in [0.2, 0.25) is 0 Å². The Morgan fingerprint density at radius 2 is 2.43 bits per heavy atom. The van der Waals surface area contributed by atoms with Crippen molar-refractivity contribution < 1.29 is 13.9 Å². The molecule has 2 N–H and O–H groups in total. The SMILES string of the molecule is CCOc1n[nH]c(NC(=O)c2csc(-c3ccco3)n2)n1. The largest absolute Gasteiger partial charge is 0.463 e. The molecule has 21 heavy (non-hydrogen) atoms. The van der Waals surface area contributed by atoms with Crippen molar-refractivity contribution in [2.75, 3.05) is 11.9 Å². The van der Waals surface area contributed by atoms with Crippen molar-refractivity contribution in [3.05, 3.63) is 29.5 Å². The van der Waals surface area contributed by atoms with Crippen molar-refractivity contribution in [2.24, 2.45) is 0 Å². The topological polar surface area (TPSA) is 106 Å². The van der Waals surface area contributed by atoms with Crippen LogP contribution in [0.15, 0.2) is 28.2 Å². The third-order valence-corrected chi connectivity index (χ3v) is 3.30. The molecule has 108 valence electrons. The maximum Gasteiger partial charge on any atom is 0.337 e. The second-order valence-corrected chi connectivity index (χ2v) is 4.73. The van der Waals surface area contributed by atoms with Gasteiger partial charge in [-0.25, -0.2) is 10.1 Å². The van der Waals surface area contributed by atoms with E-state index in [1.54, 1.807) is 23.8 Å². The van der Waals surface area contributed by atoms with Crippen LogP contribution in [-0.2, 0) is 0 Å². The summed E-state index contributed by atoms with van der Waals surface area (Å²) in [7, 11) is 0. The van der Waals surface area contributed by atoms with Crippen LogP contribution in [-0.4, -0.2) is 32.7 Å². The average Bonchev–Trinajstić information content (AvgIpc) is 3.20. The van der Waals surface area contributed by atoms with Crippen LogP contribution < -0.4 is 10.1 Å². The number of carbonyl (C=O) groups excluding carboxylic acids is 1. The van der Waals surface area contributed by atoms with Crippen LogP contribution in [0.25, 0.3) is 10.8 Å². The Morgan fingerprint density at radius 1 is 1.52 bits per heavy atom. The number of H-pyrrole nitrogens is 1. The maximum absolute atomic E-state index is 12.0. The van der Waals surface area contributed by atoms with Gasteiger partial charge < -0.3 is 9.15 Å². The number of ether oxygens (including phenoxy) is 1. The molecule has 0 saturated heterocycles. The number of nitrogens with zero attached hydrogens (tertiary/aromatic N) is 3. The molecule has 0 spiro atoms. The molecule has 0 aromatic carbocycles.